The normalized spacial score (nSPS) is 11.9. The van der Waals surface area contributed by atoms with Crippen molar-refractivity contribution in [2.24, 2.45) is 5.92 Å². The molecule has 1 heterocycles. The number of halogens is 3. The number of anilines is 2. The second-order valence-electron chi connectivity index (χ2n) is 4.57. The van der Waals surface area contributed by atoms with Crippen molar-refractivity contribution >= 4 is 11.6 Å². The molecule has 0 bridgehead atoms. The van der Waals surface area contributed by atoms with Crippen LogP contribution in [-0.2, 0) is 6.18 Å². The zero-order chi connectivity index (χ0) is 13.9. The largest absolute Gasteiger partial charge is 0.416 e. The number of nitrogens with zero attached hydrogens (tertiary/aromatic N) is 2. The summed E-state index contributed by atoms with van der Waals surface area (Å²) in [5.74, 6) is 0.503. The first-order valence-corrected chi connectivity index (χ1v) is 5.83. The average molecular weight is 261 g/mol. The van der Waals surface area contributed by atoms with Crippen LogP contribution < -0.4 is 10.6 Å². The van der Waals surface area contributed by atoms with Crippen molar-refractivity contribution < 1.29 is 13.2 Å². The van der Waals surface area contributed by atoms with E-state index in [0.717, 1.165) is 12.1 Å². The van der Waals surface area contributed by atoms with E-state index in [2.05, 4.69) is 4.98 Å². The maximum Gasteiger partial charge on any atom is 0.416 e. The number of pyridine rings is 1. The molecule has 0 fully saturated rings. The van der Waals surface area contributed by atoms with Gasteiger partial charge in [-0.2, -0.15) is 13.2 Å². The summed E-state index contributed by atoms with van der Waals surface area (Å²) in [4.78, 5) is 5.76. The van der Waals surface area contributed by atoms with Gasteiger partial charge in [-0.05, 0) is 25.0 Å². The van der Waals surface area contributed by atoms with Crippen molar-refractivity contribution in [1.29, 1.82) is 0 Å². The van der Waals surface area contributed by atoms with Crippen LogP contribution >= 0.6 is 0 Å². The van der Waals surface area contributed by atoms with Crippen LogP contribution in [-0.4, -0.2) is 18.1 Å². The summed E-state index contributed by atoms with van der Waals surface area (Å²) in [5, 5.41) is 0. The lowest BCUT2D eigenvalue weighted by atomic mass is 10.2. The molecule has 1 aromatic heterocycles. The highest BCUT2D eigenvalue weighted by Crippen LogP contribution is 2.32. The second kappa shape index (κ2) is 5.46. The number of nitrogen functional groups attached to an aromatic ring is 1. The number of hydrogen-bond donors (Lipinski definition) is 1. The maximum atomic E-state index is 12.7. The van der Waals surface area contributed by atoms with Crippen LogP contribution in [0, 0.1) is 5.92 Å². The van der Waals surface area contributed by atoms with Gasteiger partial charge in [0.15, 0.2) is 0 Å². The van der Waals surface area contributed by atoms with Gasteiger partial charge in [0.1, 0.15) is 11.6 Å². The van der Waals surface area contributed by atoms with Crippen LogP contribution in [0.4, 0.5) is 24.8 Å². The summed E-state index contributed by atoms with van der Waals surface area (Å²) >= 11 is 0. The third kappa shape index (κ3) is 3.78. The molecule has 3 nitrogen and oxygen atoms in total. The molecule has 2 N–H and O–H groups in total. The van der Waals surface area contributed by atoms with Gasteiger partial charge in [-0.3, -0.25) is 0 Å². The molecule has 18 heavy (non-hydrogen) atoms. The zero-order valence-electron chi connectivity index (χ0n) is 10.8. The summed E-state index contributed by atoms with van der Waals surface area (Å²) in [6.45, 7) is 7.11. The number of rotatable bonds is 4. The fourth-order valence-electron chi connectivity index (χ4n) is 1.69. The molecule has 0 saturated carbocycles. The molecule has 0 atom stereocenters. The molecule has 0 unspecified atom stereocenters. The van der Waals surface area contributed by atoms with E-state index in [0.29, 0.717) is 19.0 Å². The van der Waals surface area contributed by atoms with Crippen LogP contribution in [0.2, 0.25) is 0 Å². The van der Waals surface area contributed by atoms with Gasteiger partial charge in [0.05, 0.1) is 5.56 Å². The van der Waals surface area contributed by atoms with Crippen molar-refractivity contribution in [2.75, 3.05) is 23.7 Å². The predicted octanol–water partition coefficient (Wildman–Crippen LogP) is 3.16. The van der Waals surface area contributed by atoms with Crippen LogP contribution in [0.5, 0.6) is 0 Å². The van der Waals surface area contributed by atoms with Gasteiger partial charge in [-0.15, -0.1) is 0 Å². The topological polar surface area (TPSA) is 42.1 Å². The summed E-state index contributed by atoms with van der Waals surface area (Å²) in [5.41, 5.74) is 4.68. The van der Waals surface area contributed by atoms with Crippen molar-refractivity contribution in [1.82, 2.24) is 4.98 Å². The highest BCUT2D eigenvalue weighted by atomic mass is 19.4. The SMILES string of the molecule is CCN(CC(C)C)c1cc(C(F)(F)F)cc(N)n1. The van der Waals surface area contributed by atoms with Gasteiger partial charge in [0, 0.05) is 13.1 Å². The van der Waals surface area contributed by atoms with Gasteiger partial charge in [-0.1, -0.05) is 13.8 Å². The monoisotopic (exact) mass is 261 g/mol. The van der Waals surface area contributed by atoms with E-state index < -0.39 is 11.7 Å². The van der Waals surface area contributed by atoms with Crippen LogP contribution in [0.3, 0.4) is 0 Å². The van der Waals surface area contributed by atoms with Crippen LogP contribution in [0.25, 0.3) is 0 Å². The van der Waals surface area contributed by atoms with Gasteiger partial charge in [0.2, 0.25) is 0 Å². The van der Waals surface area contributed by atoms with Crippen LogP contribution in [0.15, 0.2) is 12.1 Å². The molecule has 1 aromatic rings. The van der Waals surface area contributed by atoms with Crippen molar-refractivity contribution in [3.05, 3.63) is 17.7 Å². The van der Waals surface area contributed by atoms with Crippen molar-refractivity contribution in [3.8, 4) is 0 Å². The minimum absolute atomic E-state index is 0.109. The van der Waals surface area contributed by atoms with E-state index in [9.17, 15) is 13.2 Å². The minimum Gasteiger partial charge on any atom is -0.384 e. The maximum absolute atomic E-state index is 12.7. The van der Waals surface area contributed by atoms with Crippen LogP contribution in [0.1, 0.15) is 26.3 Å². The first kappa shape index (κ1) is 14.6. The standard InChI is InChI=1S/C12H18F3N3/c1-4-18(7-8(2)3)11-6-9(12(13,14)15)5-10(16)17-11/h5-6,8H,4,7H2,1-3H3,(H2,16,17). The Balaban J connectivity index is 3.11. The molecular formula is C12H18F3N3. The van der Waals surface area contributed by atoms with Gasteiger partial charge in [0.25, 0.3) is 0 Å². The van der Waals surface area contributed by atoms with E-state index in [-0.39, 0.29) is 11.6 Å². The summed E-state index contributed by atoms with van der Waals surface area (Å²) in [6.07, 6.45) is -4.40. The number of hydrogen-bond acceptors (Lipinski definition) is 3. The first-order valence-electron chi connectivity index (χ1n) is 5.83. The van der Waals surface area contributed by atoms with Gasteiger partial charge in [-0.25, -0.2) is 4.98 Å². The quantitative estimate of drug-likeness (QED) is 0.905. The summed E-state index contributed by atoms with van der Waals surface area (Å²) in [6, 6.07) is 1.90. The Morgan fingerprint density at radius 1 is 1.33 bits per heavy atom. The Hall–Kier alpha value is -1.46. The molecule has 1 rings (SSSR count). The second-order valence-corrected chi connectivity index (χ2v) is 4.57. The molecule has 0 saturated heterocycles. The van der Waals surface area contributed by atoms with Gasteiger partial charge >= 0.3 is 6.18 Å². The molecule has 0 aromatic carbocycles. The van der Waals surface area contributed by atoms with E-state index in [1.807, 2.05) is 20.8 Å². The first-order chi connectivity index (χ1) is 8.24. The Kier molecular flexibility index (Phi) is 4.43. The smallest absolute Gasteiger partial charge is 0.384 e. The highest BCUT2D eigenvalue weighted by molar-refractivity contribution is 5.49. The predicted molar refractivity (Wildman–Crippen MR) is 66.4 cm³/mol. The van der Waals surface area contributed by atoms with E-state index in [4.69, 9.17) is 5.73 Å². The molecule has 6 heteroatoms. The van der Waals surface area contributed by atoms with Crippen molar-refractivity contribution in [2.45, 2.75) is 26.9 Å². The van der Waals surface area contributed by atoms with E-state index >= 15 is 0 Å². The molecular weight excluding hydrogens is 243 g/mol. The Morgan fingerprint density at radius 3 is 2.39 bits per heavy atom. The Bertz CT molecular complexity index is 402. The molecule has 0 radical (unpaired) electrons. The molecule has 0 aliphatic carbocycles. The lowest BCUT2D eigenvalue weighted by Crippen LogP contribution is -2.28. The lowest BCUT2D eigenvalue weighted by Gasteiger charge is -2.25. The summed E-state index contributed by atoms with van der Waals surface area (Å²) < 4.78 is 38.0. The molecule has 0 aliphatic heterocycles. The minimum atomic E-state index is -4.40. The van der Waals surface area contributed by atoms with Gasteiger partial charge < -0.3 is 10.6 Å². The fourth-order valence-corrected chi connectivity index (χ4v) is 1.69. The summed E-state index contributed by atoms with van der Waals surface area (Å²) in [7, 11) is 0. The van der Waals surface area contributed by atoms with E-state index in [1.165, 1.54) is 0 Å². The van der Waals surface area contributed by atoms with Crippen molar-refractivity contribution in [3.63, 3.8) is 0 Å². The Morgan fingerprint density at radius 2 is 1.94 bits per heavy atom. The number of nitrogens with two attached hydrogens (primary N) is 1. The molecule has 0 aliphatic rings. The zero-order valence-corrected chi connectivity index (χ0v) is 10.8. The Labute approximate surface area is 105 Å². The highest BCUT2D eigenvalue weighted by Gasteiger charge is 2.32. The lowest BCUT2D eigenvalue weighted by molar-refractivity contribution is -0.137. The number of aromatic nitrogens is 1. The fraction of sp³-hybridized carbons (Fsp3) is 0.583. The third-order valence-electron chi connectivity index (χ3n) is 2.45. The molecule has 0 amide bonds. The molecule has 0 spiro atoms. The molecule has 102 valence electrons. The van der Waals surface area contributed by atoms with E-state index in [1.54, 1.807) is 4.90 Å². The third-order valence-corrected chi connectivity index (χ3v) is 2.45. The average Bonchev–Trinajstić information content (AvgIpc) is 2.23. The number of alkyl halides is 3.